The Bertz CT molecular complexity index is 859. The number of aromatic nitrogens is 2. The minimum Gasteiger partial charge on any atom is -0.454 e. The van der Waals surface area contributed by atoms with Gasteiger partial charge >= 0.3 is 0 Å². The van der Waals surface area contributed by atoms with E-state index < -0.39 is 0 Å². The molecule has 0 saturated carbocycles. The standard InChI is InChI=1S/C23H30N4O2S/c1-2-10-26(9-1)12-13-30-23-24-8-7-20(25-23)19-4-3-11-27(16-19)15-18-5-6-21-22(14-18)29-17-28-21/h5-8,14,19H,1-4,9-13,15-17H2. The Balaban J connectivity index is 1.17. The van der Waals surface area contributed by atoms with Crippen molar-refractivity contribution in [3.63, 3.8) is 0 Å². The third-order valence-corrected chi connectivity index (χ3v) is 7.10. The van der Waals surface area contributed by atoms with E-state index in [1.807, 2.05) is 12.3 Å². The molecule has 1 atom stereocenters. The fourth-order valence-electron chi connectivity index (χ4n) is 4.66. The first-order chi connectivity index (χ1) is 14.8. The van der Waals surface area contributed by atoms with Gasteiger partial charge in [-0.2, -0.15) is 0 Å². The number of hydrogen-bond donors (Lipinski definition) is 0. The van der Waals surface area contributed by atoms with E-state index in [1.165, 1.54) is 50.0 Å². The van der Waals surface area contributed by atoms with Crippen LogP contribution in [0.1, 0.15) is 42.9 Å². The smallest absolute Gasteiger partial charge is 0.231 e. The van der Waals surface area contributed by atoms with Crippen LogP contribution in [0.15, 0.2) is 35.6 Å². The monoisotopic (exact) mass is 426 g/mol. The number of fused-ring (bicyclic) bond motifs is 1. The molecule has 3 aliphatic heterocycles. The molecule has 2 saturated heterocycles. The Morgan fingerprint density at radius 3 is 2.80 bits per heavy atom. The van der Waals surface area contributed by atoms with Gasteiger partial charge in [-0.15, -0.1) is 0 Å². The van der Waals surface area contributed by atoms with Crippen molar-refractivity contribution in [2.75, 3.05) is 45.3 Å². The number of piperidine rings is 1. The van der Waals surface area contributed by atoms with E-state index in [-0.39, 0.29) is 0 Å². The van der Waals surface area contributed by atoms with Crippen LogP contribution in [0.25, 0.3) is 0 Å². The van der Waals surface area contributed by atoms with Crippen LogP contribution in [0.2, 0.25) is 0 Å². The molecule has 1 aromatic heterocycles. The van der Waals surface area contributed by atoms with Crippen molar-refractivity contribution in [1.29, 1.82) is 0 Å². The summed E-state index contributed by atoms with van der Waals surface area (Å²) in [7, 11) is 0. The van der Waals surface area contributed by atoms with Gasteiger partial charge in [-0.25, -0.2) is 9.97 Å². The lowest BCUT2D eigenvalue weighted by Gasteiger charge is -2.32. The summed E-state index contributed by atoms with van der Waals surface area (Å²) in [5, 5.41) is 0.930. The van der Waals surface area contributed by atoms with Crippen LogP contribution in [0.3, 0.4) is 0 Å². The molecule has 2 aromatic rings. The van der Waals surface area contributed by atoms with E-state index in [0.29, 0.717) is 12.7 Å². The van der Waals surface area contributed by atoms with Crippen molar-refractivity contribution in [2.24, 2.45) is 0 Å². The number of nitrogens with zero attached hydrogens (tertiary/aromatic N) is 4. The summed E-state index contributed by atoms with van der Waals surface area (Å²) in [5.74, 6) is 3.27. The summed E-state index contributed by atoms with van der Waals surface area (Å²) >= 11 is 1.80. The second-order valence-electron chi connectivity index (χ2n) is 8.42. The van der Waals surface area contributed by atoms with Gasteiger partial charge in [-0.05, 0) is 69.1 Å². The number of hydrogen-bond acceptors (Lipinski definition) is 7. The van der Waals surface area contributed by atoms with E-state index >= 15 is 0 Å². The number of thioether (sulfide) groups is 1. The first kappa shape index (κ1) is 20.1. The number of ether oxygens (including phenoxy) is 2. The van der Waals surface area contributed by atoms with Crippen LogP contribution >= 0.6 is 11.8 Å². The molecule has 1 aromatic carbocycles. The Hall–Kier alpha value is -1.83. The molecule has 3 aliphatic rings. The zero-order chi connectivity index (χ0) is 20.2. The zero-order valence-electron chi connectivity index (χ0n) is 17.5. The van der Waals surface area contributed by atoms with Gasteiger partial charge in [-0.3, -0.25) is 4.90 Å². The molecule has 0 bridgehead atoms. The highest BCUT2D eigenvalue weighted by Crippen LogP contribution is 2.34. The minimum absolute atomic E-state index is 0.330. The fraction of sp³-hybridized carbons (Fsp3) is 0.565. The SMILES string of the molecule is c1cc(C2CCCN(Cc3ccc4c(c3)OCO4)C2)nc(SCCN2CCCC2)n1. The highest BCUT2D eigenvalue weighted by Gasteiger charge is 2.24. The van der Waals surface area contributed by atoms with Crippen molar-refractivity contribution < 1.29 is 9.47 Å². The molecule has 7 heteroatoms. The van der Waals surface area contributed by atoms with Crippen molar-refractivity contribution in [3.05, 3.63) is 41.7 Å². The maximum Gasteiger partial charge on any atom is 0.231 e. The average Bonchev–Trinajstić information content (AvgIpc) is 3.46. The summed E-state index contributed by atoms with van der Waals surface area (Å²) < 4.78 is 11.0. The molecule has 0 aliphatic carbocycles. The van der Waals surface area contributed by atoms with E-state index in [2.05, 4.69) is 33.0 Å². The van der Waals surface area contributed by atoms with E-state index in [4.69, 9.17) is 14.5 Å². The molecule has 160 valence electrons. The van der Waals surface area contributed by atoms with Crippen LogP contribution in [0.5, 0.6) is 11.5 Å². The summed E-state index contributed by atoms with van der Waals surface area (Å²) in [5.41, 5.74) is 2.48. The molecule has 0 amide bonds. The van der Waals surface area contributed by atoms with Gasteiger partial charge in [0.2, 0.25) is 6.79 Å². The predicted octanol–water partition coefficient (Wildman–Crippen LogP) is 3.77. The van der Waals surface area contributed by atoms with Crippen molar-refractivity contribution in [2.45, 2.75) is 43.3 Å². The van der Waals surface area contributed by atoms with Crippen molar-refractivity contribution in [3.8, 4) is 11.5 Å². The molecule has 6 nitrogen and oxygen atoms in total. The normalized spacial score (nSPS) is 21.9. The molecule has 2 fully saturated rings. The van der Waals surface area contributed by atoms with E-state index in [0.717, 1.165) is 48.6 Å². The molecule has 0 N–H and O–H groups in total. The van der Waals surface area contributed by atoms with E-state index in [9.17, 15) is 0 Å². The lowest BCUT2D eigenvalue weighted by Crippen LogP contribution is -2.34. The zero-order valence-corrected chi connectivity index (χ0v) is 18.3. The predicted molar refractivity (Wildman–Crippen MR) is 118 cm³/mol. The topological polar surface area (TPSA) is 50.7 Å². The Kier molecular flexibility index (Phi) is 6.39. The number of rotatable bonds is 7. The second kappa shape index (κ2) is 9.54. The molecule has 5 rings (SSSR count). The highest BCUT2D eigenvalue weighted by molar-refractivity contribution is 7.99. The van der Waals surface area contributed by atoms with Gasteiger partial charge in [0.15, 0.2) is 16.7 Å². The molecular weight excluding hydrogens is 396 g/mol. The lowest BCUT2D eigenvalue weighted by molar-refractivity contribution is 0.173. The average molecular weight is 427 g/mol. The molecule has 0 spiro atoms. The van der Waals surface area contributed by atoms with Crippen LogP contribution in [0.4, 0.5) is 0 Å². The first-order valence-corrected chi connectivity index (χ1v) is 12.1. The largest absolute Gasteiger partial charge is 0.454 e. The molecular formula is C23H30N4O2S. The van der Waals surface area contributed by atoms with Crippen molar-refractivity contribution in [1.82, 2.24) is 19.8 Å². The van der Waals surface area contributed by atoms with Gasteiger partial charge in [-0.1, -0.05) is 17.8 Å². The summed E-state index contributed by atoms with van der Waals surface area (Å²) in [6.45, 7) is 7.10. The van der Waals surface area contributed by atoms with Crippen LogP contribution in [-0.2, 0) is 6.54 Å². The number of benzene rings is 1. The second-order valence-corrected chi connectivity index (χ2v) is 9.49. The van der Waals surface area contributed by atoms with Gasteiger partial charge in [0, 0.05) is 43.2 Å². The van der Waals surface area contributed by atoms with Gasteiger partial charge in [0.25, 0.3) is 0 Å². The summed E-state index contributed by atoms with van der Waals surface area (Å²) in [6.07, 6.45) is 7.04. The summed E-state index contributed by atoms with van der Waals surface area (Å²) in [4.78, 5) is 14.5. The molecule has 4 heterocycles. The van der Waals surface area contributed by atoms with Crippen LogP contribution in [-0.4, -0.2) is 65.0 Å². The first-order valence-electron chi connectivity index (χ1n) is 11.1. The molecule has 30 heavy (non-hydrogen) atoms. The number of likely N-dealkylation sites (tertiary alicyclic amines) is 2. The van der Waals surface area contributed by atoms with E-state index in [1.54, 1.807) is 11.8 Å². The minimum atomic E-state index is 0.330. The lowest BCUT2D eigenvalue weighted by atomic mass is 9.94. The van der Waals surface area contributed by atoms with Gasteiger partial charge < -0.3 is 14.4 Å². The Morgan fingerprint density at radius 1 is 1.00 bits per heavy atom. The maximum absolute atomic E-state index is 5.53. The molecule has 0 radical (unpaired) electrons. The van der Waals surface area contributed by atoms with Crippen LogP contribution in [0, 0.1) is 0 Å². The van der Waals surface area contributed by atoms with Gasteiger partial charge in [0.1, 0.15) is 0 Å². The van der Waals surface area contributed by atoms with Crippen molar-refractivity contribution >= 4 is 11.8 Å². The van der Waals surface area contributed by atoms with Crippen LogP contribution < -0.4 is 9.47 Å². The maximum atomic E-state index is 5.53. The highest BCUT2D eigenvalue weighted by atomic mass is 32.2. The Morgan fingerprint density at radius 2 is 1.87 bits per heavy atom. The molecule has 1 unspecified atom stereocenters. The third kappa shape index (κ3) is 4.90. The summed E-state index contributed by atoms with van der Waals surface area (Å²) in [6, 6.07) is 8.40. The Labute approximate surface area is 183 Å². The van der Waals surface area contributed by atoms with Gasteiger partial charge in [0.05, 0.1) is 0 Å². The fourth-order valence-corrected chi connectivity index (χ4v) is 5.50. The third-order valence-electron chi connectivity index (χ3n) is 6.26. The quantitative estimate of drug-likeness (QED) is 0.493.